The van der Waals surface area contributed by atoms with E-state index >= 15 is 0 Å². The molecule has 0 heterocycles. The van der Waals surface area contributed by atoms with Crippen LogP contribution in [0.4, 0.5) is 0 Å². The van der Waals surface area contributed by atoms with E-state index in [-0.39, 0.29) is 18.6 Å². The van der Waals surface area contributed by atoms with Gasteiger partial charge in [-0.3, -0.25) is 28.0 Å². The Balaban J connectivity index is 4.61. The summed E-state index contributed by atoms with van der Waals surface area (Å²) in [4.78, 5) is 64.3. The molecule has 0 aliphatic carbocycles. The molecule has 1 unspecified atom stereocenters. The van der Waals surface area contributed by atoms with E-state index in [1.54, 1.807) is 12.2 Å². The highest BCUT2D eigenvalue weighted by atomic mass is 31.2. The maximum atomic E-state index is 12.6. The summed E-state index contributed by atoms with van der Waals surface area (Å²) in [5.41, 5.74) is 0. The highest BCUT2D eigenvalue weighted by molar-refractivity contribution is 7.47. The van der Waals surface area contributed by atoms with E-state index < -0.39 is 66.2 Å². The van der Waals surface area contributed by atoms with Crippen molar-refractivity contribution in [3.63, 3.8) is 0 Å². The van der Waals surface area contributed by atoms with Crippen LogP contribution in [-0.4, -0.2) is 76.1 Å². The number of aliphatic hydroxyl groups is 1. The number of hydrogen-bond acceptors (Lipinski definition) is 11. The first kappa shape index (κ1) is 54.3. The van der Waals surface area contributed by atoms with E-state index in [0.717, 1.165) is 76.5 Å². The Morgan fingerprint density at radius 3 is 1.71 bits per heavy atom. The summed E-state index contributed by atoms with van der Waals surface area (Å²) < 4.78 is 47.6. The van der Waals surface area contributed by atoms with Crippen LogP contribution in [-0.2, 0) is 46.6 Å². The van der Waals surface area contributed by atoms with Gasteiger partial charge in [0.1, 0.15) is 12.7 Å². The number of rotatable bonds is 39. The Bertz CT molecular complexity index is 1170. The number of phosphoric ester groups is 2. The molecule has 0 amide bonds. The van der Waals surface area contributed by atoms with Gasteiger partial charge in [0.05, 0.1) is 19.8 Å². The number of hydrogen-bond donors (Lipinski definition) is 4. The summed E-state index contributed by atoms with van der Waals surface area (Å²) in [6, 6.07) is 0. The molecule has 0 aromatic rings. The molecule has 0 radical (unpaired) electrons. The van der Waals surface area contributed by atoms with Crippen molar-refractivity contribution in [2.45, 2.75) is 181 Å². The molecule has 0 aromatic carbocycles. The quantitative estimate of drug-likeness (QED) is 0.0149. The van der Waals surface area contributed by atoms with Gasteiger partial charge in [-0.15, -0.1) is 0 Å². The van der Waals surface area contributed by atoms with E-state index in [2.05, 4.69) is 29.8 Å². The van der Waals surface area contributed by atoms with Gasteiger partial charge in [-0.05, 0) is 44.1 Å². The van der Waals surface area contributed by atoms with Gasteiger partial charge in [-0.1, -0.05) is 135 Å². The van der Waals surface area contributed by atoms with Crippen LogP contribution in [0.3, 0.4) is 0 Å². The molecule has 0 aromatic heterocycles. The van der Waals surface area contributed by atoms with Crippen LogP contribution >= 0.6 is 15.6 Å². The normalized spacial score (nSPS) is 14.4. The zero-order chi connectivity index (χ0) is 41.9. The van der Waals surface area contributed by atoms with Crippen LogP contribution < -0.4 is 0 Å². The van der Waals surface area contributed by atoms with Gasteiger partial charge >= 0.3 is 27.6 Å². The summed E-state index contributed by atoms with van der Waals surface area (Å²) in [5.74, 6) is -0.177. The third-order valence-electron chi connectivity index (χ3n) is 8.74. The predicted molar refractivity (Wildman–Crippen MR) is 217 cm³/mol. The number of carbonyl (C=O) groups is 3. The van der Waals surface area contributed by atoms with Crippen molar-refractivity contribution in [2.75, 3.05) is 26.4 Å². The molecule has 14 nitrogen and oxygen atoms in total. The molecule has 0 rings (SSSR count). The van der Waals surface area contributed by atoms with E-state index in [1.165, 1.54) is 44.9 Å². The van der Waals surface area contributed by atoms with Crippen LogP contribution in [0.5, 0.6) is 0 Å². The number of ether oxygens (including phenoxy) is 2. The molecule has 0 spiro atoms. The first-order chi connectivity index (χ1) is 26.6. The molecule has 0 aliphatic rings. The van der Waals surface area contributed by atoms with E-state index in [4.69, 9.17) is 23.8 Å². The Kier molecular flexibility index (Phi) is 34.1. The summed E-state index contributed by atoms with van der Waals surface area (Å²) in [6.45, 7) is 3.84. The standard InChI is InChI=1S/C40H74O14P2/c1-4-5-21-27-36(41)28-23-18-14-10-8-12-16-20-25-30-40(44)54-38(34-53-56(48,49)52-32-37(42)31-51-55(45,46)47)33-50-39(43)29-24-19-15-11-7-6-9-13-17-22-26-35(2)3/h14,18,23,28,35,37-38,42H,4-13,15-17,19-22,24-27,29-34H2,1-3H3,(H,48,49)(H2,45,46,47)/b18-14-,28-23+/t37-,38+/m0/s1. The second-order valence-electron chi connectivity index (χ2n) is 14.8. The Morgan fingerprint density at radius 2 is 1.12 bits per heavy atom. The molecule has 0 fully saturated rings. The molecular formula is C40H74O14P2. The molecule has 0 saturated heterocycles. The lowest BCUT2D eigenvalue weighted by Crippen LogP contribution is -2.30. The fraction of sp³-hybridized carbons (Fsp3) is 0.825. The Labute approximate surface area is 336 Å². The van der Waals surface area contributed by atoms with Crippen molar-refractivity contribution >= 4 is 33.4 Å². The van der Waals surface area contributed by atoms with Gasteiger partial charge in [0.15, 0.2) is 11.9 Å². The van der Waals surface area contributed by atoms with Gasteiger partial charge in [0.25, 0.3) is 0 Å². The SMILES string of the molecule is CCCCCC(=O)/C=C/C=C\CCCCCCCC(=O)O[C@H](COC(=O)CCCCCCCCCCCCC(C)C)COP(=O)(O)OC[C@@H](O)COP(=O)(O)O. The number of aliphatic hydroxyl groups excluding tert-OH is 1. The second kappa shape index (κ2) is 35.2. The molecule has 16 heteroatoms. The lowest BCUT2D eigenvalue weighted by Gasteiger charge is -2.20. The summed E-state index contributed by atoms with van der Waals surface area (Å²) in [7, 11) is -9.69. The molecular weight excluding hydrogens is 766 g/mol. The van der Waals surface area contributed by atoms with E-state index in [0.29, 0.717) is 19.3 Å². The molecule has 0 saturated carbocycles. The zero-order valence-electron chi connectivity index (χ0n) is 34.4. The van der Waals surface area contributed by atoms with Crippen molar-refractivity contribution in [1.29, 1.82) is 0 Å². The number of carbonyl (C=O) groups excluding carboxylic acids is 3. The number of unbranched alkanes of at least 4 members (excludes halogenated alkanes) is 16. The smallest absolute Gasteiger partial charge is 0.462 e. The molecule has 56 heavy (non-hydrogen) atoms. The maximum Gasteiger partial charge on any atom is 0.472 e. The first-order valence-electron chi connectivity index (χ1n) is 20.8. The number of phosphoric acid groups is 2. The number of ketones is 1. The van der Waals surface area contributed by atoms with Gasteiger partial charge in [-0.25, -0.2) is 9.13 Å². The van der Waals surface area contributed by atoms with E-state index in [1.807, 2.05) is 12.2 Å². The topological polar surface area (TPSA) is 212 Å². The molecule has 0 bridgehead atoms. The van der Waals surface area contributed by atoms with Crippen LogP contribution in [0.2, 0.25) is 0 Å². The largest absolute Gasteiger partial charge is 0.472 e. The minimum absolute atomic E-state index is 0.0820. The second-order valence-corrected chi connectivity index (χ2v) is 17.5. The van der Waals surface area contributed by atoms with Crippen LogP contribution in [0.15, 0.2) is 24.3 Å². The summed E-state index contributed by atoms with van der Waals surface area (Å²) in [5, 5.41) is 9.73. The number of esters is 2. The average Bonchev–Trinajstić information content (AvgIpc) is 3.13. The third-order valence-corrected chi connectivity index (χ3v) is 10.2. The molecule has 4 N–H and O–H groups in total. The summed E-state index contributed by atoms with van der Waals surface area (Å²) in [6.07, 6.45) is 26.0. The van der Waals surface area contributed by atoms with Gasteiger partial charge < -0.3 is 29.3 Å². The molecule has 328 valence electrons. The zero-order valence-corrected chi connectivity index (χ0v) is 36.2. The van der Waals surface area contributed by atoms with Crippen LogP contribution in [0.25, 0.3) is 0 Å². The minimum atomic E-state index is -4.87. The summed E-state index contributed by atoms with van der Waals surface area (Å²) >= 11 is 0. The first-order valence-corrected chi connectivity index (χ1v) is 23.9. The number of allylic oxidation sites excluding steroid dienone is 4. The Morgan fingerprint density at radius 1 is 0.607 bits per heavy atom. The van der Waals surface area contributed by atoms with Gasteiger partial charge in [-0.2, -0.15) is 0 Å². The van der Waals surface area contributed by atoms with E-state index in [9.17, 15) is 33.5 Å². The van der Waals surface area contributed by atoms with Gasteiger partial charge in [0, 0.05) is 19.3 Å². The minimum Gasteiger partial charge on any atom is -0.462 e. The van der Waals surface area contributed by atoms with Crippen molar-refractivity contribution < 1.29 is 66.3 Å². The maximum absolute atomic E-state index is 12.6. The Hall–Kier alpha value is -1.73. The van der Waals surface area contributed by atoms with Crippen molar-refractivity contribution in [3.8, 4) is 0 Å². The highest BCUT2D eigenvalue weighted by Crippen LogP contribution is 2.43. The van der Waals surface area contributed by atoms with Gasteiger partial charge in [0.2, 0.25) is 0 Å². The highest BCUT2D eigenvalue weighted by Gasteiger charge is 2.28. The lowest BCUT2D eigenvalue weighted by atomic mass is 10.0. The molecule has 3 atom stereocenters. The fourth-order valence-corrected chi connectivity index (χ4v) is 6.67. The third kappa shape index (κ3) is 39.1. The van der Waals surface area contributed by atoms with Crippen LogP contribution in [0.1, 0.15) is 168 Å². The average molecular weight is 841 g/mol. The van der Waals surface area contributed by atoms with Crippen molar-refractivity contribution in [2.24, 2.45) is 5.92 Å². The lowest BCUT2D eigenvalue weighted by molar-refractivity contribution is -0.161. The monoisotopic (exact) mass is 840 g/mol. The molecule has 0 aliphatic heterocycles. The van der Waals surface area contributed by atoms with Crippen molar-refractivity contribution in [1.82, 2.24) is 0 Å². The van der Waals surface area contributed by atoms with Crippen LogP contribution in [0, 0.1) is 5.92 Å². The predicted octanol–water partition coefficient (Wildman–Crippen LogP) is 9.37. The fourth-order valence-electron chi connectivity index (χ4n) is 5.51. The van der Waals surface area contributed by atoms with Crippen molar-refractivity contribution in [3.05, 3.63) is 24.3 Å².